The normalized spacial score (nSPS) is 11.6. The largest absolute Gasteiger partial charge is 1.00 e. The van der Waals surface area contributed by atoms with Gasteiger partial charge in [-0.25, -0.2) is 0 Å². The van der Waals surface area contributed by atoms with Crippen molar-refractivity contribution in [2.24, 2.45) is 0 Å². The summed E-state index contributed by atoms with van der Waals surface area (Å²) < 4.78 is 12.5. The lowest BCUT2D eigenvalue weighted by Crippen LogP contribution is -3.00. The van der Waals surface area contributed by atoms with Gasteiger partial charge in [0.05, 0.1) is 27.7 Å². The van der Waals surface area contributed by atoms with E-state index < -0.39 is 0 Å². The van der Waals surface area contributed by atoms with Crippen molar-refractivity contribution in [3.05, 3.63) is 0 Å². The van der Waals surface area contributed by atoms with Gasteiger partial charge in [0.1, 0.15) is 0 Å². The fourth-order valence-corrected chi connectivity index (χ4v) is 4.19. The maximum absolute atomic E-state index is 5.75. The van der Waals surface area contributed by atoms with Gasteiger partial charge in [-0.15, -0.1) is 0 Å². The molecule has 0 radical (unpaired) electrons. The van der Waals surface area contributed by atoms with Crippen LogP contribution in [0.15, 0.2) is 0 Å². The Morgan fingerprint density at radius 3 is 1.06 bits per heavy atom. The Bertz CT molecular complexity index is 347. The van der Waals surface area contributed by atoms with Crippen molar-refractivity contribution in [1.82, 2.24) is 0 Å². The zero-order valence-corrected chi connectivity index (χ0v) is 24.1. The second-order valence-corrected chi connectivity index (χ2v) is 11.0. The van der Waals surface area contributed by atoms with Crippen molar-refractivity contribution in [2.45, 2.75) is 135 Å². The predicted molar refractivity (Wildman–Crippen MR) is 143 cm³/mol. The first-order valence-electron chi connectivity index (χ1n) is 14.5. The van der Waals surface area contributed by atoms with Crippen molar-refractivity contribution in [1.29, 1.82) is 0 Å². The van der Waals surface area contributed by atoms with E-state index >= 15 is 0 Å². The maximum Gasteiger partial charge on any atom is 0.0780 e. The SMILES string of the molecule is CCCCCCCCCCCCCCCCCCOCCCOCCCCC[N+](C)(C)C.[Cl-]. The highest BCUT2D eigenvalue weighted by Crippen LogP contribution is 2.13. The molecular weight excluding hydrogens is 430 g/mol. The Labute approximate surface area is 215 Å². The molecular formula is C29H62ClNO2. The molecule has 0 aliphatic carbocycles. The van der Waals surface area contributed by atoms with Crippen molar-refractivity contribution in [3.8, 4) is 0 Å². The van der Waals surface area contributed by atoms with Crippen LogP contribution < -0.4 is 12.4 Å². The Hall–Kier alpha value is 0.170. The lowest BCUT2D eigenvalue weighted by molar-refractivity contribution is -0.870. The Balaban J connectivity index is 0. The summed E-state index contributed by atoms with van der Waals surface area (Å²) in [6, 6.07) is 0. The van der Waals surface area contributed by atoms with E-state index in [1.54, 1.807) is 0 Å². The first-order chi connectivity index (χ1) is 15.6. The minimum Gasteiger partial charge on any atom is -1.00 e. The average Bonchev–Trinajstić information content (AvgIpc) is 2.75. The molecule has 0 aliphatic rings. The van der Waals surface area contributed by atoms with Crippen molar-refractivity contribution < 1.29 is 26.4 Å². The van der Waals surface area contributed by atoms with Crippen LogP contribution in [0.1, 0.15) is 135 Å². The lowest BCUT2D eigenvalue weighted by Gasteiger charge is -2.23. The molecule has 0 saturated heterocycles. The Morgan fingerprint density at radius 1 is 0.394 bits per heavy atom. The number of halogens is 1. The van der Waals surface area contributed by atoms with E-state index in [9.17, 15) is 0 Å². The van der Waals surface area contributed by atoms with Gasteiger partial charge < -0.3 is 26.4 Å². The molecule has 4 heteroatoms. The minimum atomic E-state index is 0. The summed E-state index contributed by atoms with van der Waals surface area (Å²) in [6.45, 7) is 7.12. The molecule has 0 rings (SSSR count). The number of ether oxygens (including phenoxy) is 2. The van der Waals surface area contributed by atoms with Crippen LogP contribution >= 0.6 is 0 Å². The Kier molecular flexibility index (Phi) is 30.4. The molecule has 0 amide bonds. The molecule has 0 bridgehead atoms. The number of hydrogen-bond donors (Lipinski definition) is 0. The lowest BCUT2D eigenvalue weighted by atomic mass is 10.0. The van der Waals surface area contributed by atoms with Crippen molar-refractivity contribution >= 4 is 0 Å². The average molecular weight is 492 g/mol. The van der Waals surface area contributed by atoms with Crippen LogP contribution in [0.4, 0.5) is 0 Å². The van der Waals surface area contributed by atoms with E-state index in [-0.39, 0.29) is 12.4 Å². The topological polar surface area (TPSA) is 18.5 Å². The molecule has 202 valence electrons. The highest BCUT2D eigenvalue weighted by atomic mass is 35.5. The summed E-state index contributed by atoms with van der Waals surface area (Å²) in [5, 5.41) is 0. The summed E-state index contributed by atoms with van der Waals surface area (Å²) in [4.78, 5) is 0. The van der Waals surface area contributed by atoms with Gasteiger partial charge in [0.25, 0.3) is 0 Å². The predicted octanol–water partition coefficient (Wildman–Crippen LogP) is 5.55. The van der Waals surface area contributed by atoms with Gasteiger partial charge in [-0.05, 0) is 32.1 Å². The molecule has 0 fully saturated rings. The van der Waals surface area contributed by atoms with E-state index in [4.69, 9.17) is 9.47 Å². The third-order valence-corrected chi connectivity index (χ3v) is 6.34. The molecule has 0 heterocycles. The van der Waals surface area contributed by atoms with Crippen LogP contribution in [0.2, 0.25) is 0 Å². The van der Waals surface area contributed by atoms with E-state index in [0.717, 1.165) is 37.3 Å². The number of unbranched alkanes of at least 4 members (excludes halogenated alkanes) is 17. The Morgan fingerprint density at radius 2 is 0.697 bits per heavy atom. The van der Waals surface area contributed by atoms with E-state index in [2.05, 4.69) is 28.1 Å². The molecule has 33 heavy (non-hydrogen) atoms. The summed E-state index contributed by atoms with van der Waals surface area (Å²) in [5.74, 6) is 0. The van der Waals surface area contributed by atoms with Gasteiger partial charge in [0, 0.05) is 26.4 Å². The van der Waals surface area contributed by atoms with Gasteiger partial charge in [-0.2, -0.15) is 0 Å². The molecule has 0 aromatic heterocycles. The molecule has 0 aliphatic heterocycles. The van der Waals surface area contributed by atoms with E-state index in [1.807, 2.05) is 0 Å². The molecule has 0 saturated carbocycles. The summed E-state index contributed by atoms with van der Waals surface area (Å²) in [7, 11) is 6.78. The van der Waals surface area contributed by atoms with Crippen LogP contribution in [-0.2, 0) is 9.47 Å². The van der Waals surface area contributed by atoms with Crippen LogP contribution in [-0.4, -0.2) is 58.6 Å². The fourth-order valence-electron chi connectivity index (χ4n) is 4.19. The maximum atomic E-state index is 5.75. The van der Waals surface area contributed by atoms with E-state index in [1.165, 1.54) is 129 Å². The third-order valence-electron chi connectivity index (χ3n) is 6.34. The van der Waals surface area contributed by atoms with Crippen molar-refractivity contribution in [2.75, 3.05) is 54.1 Å². The van der Waals surface area contributed by atoms with Gasteiger partial charge in [0.2, 0.25) is 0 Å². The highest BCUT2D eigenvalue weighted by molar-refractivity contribution is 4.50. The van der Waals surface area contributed by atoms with Gasteiger partial charge in [-0.3, -0.25) is 0 Å². The second-order valence-electron chi connectivity index (χ2n) is 11.0. The van der Waals surface area contributed by atoms with Crippen LogP contribution in [0.5, 0.6) is 0 Å². The quantitative estimate of drug-likeness (QED) is 0.111. The van der Waals surface area contributed by atoms with Gasteiger partial charge >= 0.3 is 0 Å². The summed E-state index contributed by atoms with van der Waals surface area (Å²) >= 11 is 0. The molecule has 0 aromatic rings. The van der Waals surface area contributed by atoms with E-state index in [0.29, 0.717) is 0 Å². The summed E-state index contributed by atoms with van der Waals surface area (Å²) in [6.07, 6.45) is 27.6. The molecule has 0 atom stereocenters. The van der Waals surface area contributed by atoms with Gasteiger partial charge in [-0.1, -0.05) is 103 Å². The standard InChI is InChI=1S/C29H62NO2.ClH/c1-5-6-7-8-9-10-11-12-13-14-15-16-17-18-19-22-26-31-28-24-29-32-27-23-20-21-25-30(2,3)4;/h5-29H2,1-4H3;1H/q+1;/p-1. The van der Waals surface area contributed by atoms with Gasteiger partial charge in [0.15, 0.2) is 0 Å². The highest BCUT2D eigenvalue weighted by Gasteiger charge is 2.05. The fraction of sp³-hybridized carbons (Fsp3) is 1.00. The zero-order valence-electron chi connectivity index (χ0n) is 23.3. The minimum absolute atomic E-state index is 0. The molecule has 0 N–H and O–H groups in total. The van der Waals surface area contributed by atoms with Crippen LogP contribution in [0.25, 0.3) is 0 Å². The van der Waals surface area contributed by atoms with Crippen LogP contribution in [0.3, 0.4) is 0 Å². The van der Waals surface area contributed by atoms with Crippen molar-refractivity contribution in [3.63, 3.8) is 0 Å². The second kappa shape index (κ2) is 28.4. The first-order valence-corrected chi connectivity index (χ1v) is 14.5. The molecule has 0 spiro atoms. The smallest absolute Gasteiger partial charge is 0.0780 e. The summed E-state index contributed by atoms with van der Waals surface area (Å²) in [5.41, 5.74) is 0. The molecule has 0 aromatic carbocycles. The first kappa shape index (κ1) is 35.3. The van der Waals surface area contributed by atoms with Crippen LogP contribution in [0, 0.1) is 0 Å². The molecule has 3 nitrogen and oxygen atoms in total. The number of hydrogen-bond acceptors (Lipinski definition) is 2. The number of quaternary nitrogens is 1. The number of nitrogens with zero attached hydrogens (tertiary/aromatic N) is 1. The third kappa shape index (κ3) is 34.4. The zero-order chi connectivity index (χ0) is 23.6. The molecule has 0 unspecified atom stereocenters. The number of rotatable bonds is 27. The monoisotopic (exact) mass is 491 g/mol.